The smallest absolute Gasteiger partial charge is 0.0236 e. The van der Waals surface area contributed by atoms with Crippen LogP contribution in [0.1, 0.15) is 47.0 Å². The van der Waals surface area contributed by atoms with Crippen LogP contribution in [0.2, 0.25) is 0 Å². The Balaban J connectivity index is 3.88. The summed E-state index contributed by atoms with van der Waals surface area (Å²) < 4.78 is 0. The molecule has 0 heterocycles. The van der Waals surface area contributed by atoms with Crippen molar-refractivity contribution in [2.45, 2.75) is 47.0 Å². The summed E-state index contributed by atoms with van der Waals surface area (Å²) in [5.74, 6) is 0.769. The van der Waals surface area contributed by atoms with Gasteiger partial charge in [-0.1, -0.05) is 44.6 Å². The summed E-state index contributed by atoms with van der Waals surface area (Å²) in [4.78, 5) is 0. The zero-order valence-corrected chi connectivity index (χ0v) is 8.93. The molecule has 0 amide bonds. The second kappa shape index (κ2) is 7.15. The Morgan fingerprint density at radius 2 is 1.75 bits per heavy atom. The summed E-state index contributed by atoms with van der Waals surface area (Å²) >= 11 is 0. The molecule has 0 N–H and O–H groups in total. The molecule has 0 bridgehead atoms. The Bertz CT molecular complexity index is 147. The fourth-order valence-electron chi connectivity index (χ4n) is 1.06. The van der Waals surface area contributed by atoms with Gasteiger partial charge in [0.1, 0.15) is 0 Å². The molecule has 70 valence electrons. The van der Waals surface area contributed by atoms with Crippen LogP contribution >= 0.6 is 0 Å². The Kier molecular flexibility index (Phi) is 6.84. The number of allylic oxidation sites excluding steroid dienone is 4. The SMILES string of the molecule is CCC(C)=CC=CC(CC)CC. The second-order valence-electron chi connectivity index (χ2n) is 3.33. The zero-order chi connectivity index (χ0) is 9.40. The van der Waals surface area contributed by atoms with E-state index in [4.69, 9.17) is 0 Å². The monoisotopic (exact) mass is 166 g/mol. The summed E-state index contributed by atoms with van der Waals surface area (Å²) in [5.41, 5.74) is 1.46. The van der Waals surface area contributed by atoms with Crippen molar-refractivity contribution in [2.75, 3.05) is 0 Å². The molecule has 0 aliphatic carbocycles. The van der Waals surface area contributed by atoms with Crippen LogP contribution in [-0.2, 0) is 0 Å². The first kappa shape index (κ1) is 11.5. The highest BCUT2D eigenvalue weighted by Gasteiger charge is 1.94. The van der Waals surface area contributed by atoms with E-state index < -0.39 is 0 Å². The minimum Gasteiger partial charge on any atom is -0.0814 e. The molecule has 0 fully saturated rings. The van der Waals surface area contributed by atoms with Gasteiger partial charge in [-0.3, -0.25) is 0 Å². The van der Waals surface area contributed by atoms with Crippen molar-refractivity contribution in [3.8, 4) is 0 Å². The second-order valence-corrected chi connectivity index (χ2v) is 3.33. The molecule has 0 spiro atoms. The third-order valence-corrected chi connectivity index (χ3v) is 2.37. The minimum atomic E-state index is 0.769. The van der Waals surface area contributed by atoms with Gasteiger partial charge in [-0.15, -0.1) is 0 Å². The van der Waals surface area contributed by atoms with Crippen LogP contribution in [0.3, 0.4) is 0 Å². The van der Waals surface area contributed by atoms with E-state index in [1.165, 1.54) is 18.4 Å². The lowest BCUT2D eigenvalue weighted by Gasteiger charge is -2.03. The maximum Gasteiger partial charge on any atom is -0.0236 e. The molecule has 0 heteroatoms. The van der Waals surface area contributed by atoms with Gasteiger partial charge < -0.3 is 0 Å². The van der Waals surface area contributed by atoms with E-state index >= 15 is 0 Å². The Labute approximate surface area is 77.4 Å². The van der Waals surface area contributed by atoms with Crippen molar-refractivity contribution in [2.24, 2.45) is 5.92 Å². The molecule has 12 heavy (non-hydrogen) atoms. The van der Waals surface area contributed by atoms with Gasteiger partial charge in [0.25, 0.3) is 0 Å². The van der Waals surface area contributed by atoms with Crippen molar-refractivity contribution in [1.29, 1.82) is 0 Å². The quantitative estimate of drug-likeness (QED) is 0.533. The van der Waals surface area contributed by atoms with Gasteiger partial charge >= 0.3 is 0 Å². The lowest BCUT2D eigenvalue weighted by atomic mass is 10.0. The largest absolute Gasteiger partial charge is 0.0814 e. The van der Waals surface area contributed by atoms with E-state index in [0.717, 1.165) is 12.3 Å². The predicted octanol–water partition coefficient (Wildman–Crippen LogP) is 4.34. The van der Waals surface area contributed by atoms with E-state index in [0.29, 0.717) is 0 Å². The Morgan fingerprint density at radius 1 is 1.17 bits per heavy atom. The van der Waals surface area contributed by atoms with Gasteiger partial charge in [-0.25, -0.2) is 0 Å². The number of hydrogen-bond donors (Lipinski definition) is 0. The Morgan fingerprint density at radius 3 is 2.17 bits per heavy atom. The standard InChI is InChI=1S/C12H22/c1-5-11(4)9-8-10-12(6-2)7-3/h8-10,12H,5-7H2,1-4H3. The Hall–Kier alpha value is -0.520. The summed E-state index contributed by atoms with van der Waals surface area (Å²) in [6.07, 6.45) is 10.4. The lowest BCUT2D eigenvalue weighted by molar-refractivity contribution is 0.606. The zero-order valence-electron chi connectivity index (χ0n) is 8.93. The summed E-state index contributed by atoms with van der Waals surface area (Å²) in [7, 11) is 0. The first-order chi connectivity index (χ1) is 5.74. The number of rotatable bonds is 5. The average molecular weight is 166 g/mol. The van der Waals surface area contributed by atoms with Crippen molar-refractivity contribution in [3.63, 3.8) is 0 Å². The van der Waals surface area contributed by atoms with Gasteiger partial charge in [0, 0.05) is 0 Å². The topological polar surface area (TPSA) is 0 Å². The molecule has 0 rings (SSSR count). The molecule has 0 aromatic carbocycles. The highest BCUT2D eigenvalue weighted by molar-refractivity contribution is 5.10. The third kappa shape index (κ3) is 5.17. The normalized spacial score (nSPS) is 13.2. The van der Waals surface area contributed by atoms with Crippen LogP contribution in [0.15, 0.2) is 23.8 Å². The summed E-state index contributed by atoms with van der Waals surface area (Å²) in [5, 5.41) is 0. The van der Waals surface area contributed by atoms with Gasteiger partial charge in [0.2, 0.25) is 0 Å². The molecule has 0 aromatic heterocycles. The number of hydrogen-bond acceptors (Lipinski definition) is 0. The molecule has 0 nitrogen and oxygen atoms in total. The highest BCUT2D eigenvalue weighted by atomic mass is 14.0. The maximum atomic E-state index is 2.32. The van der Waals surface area contributed by atoms with E-state index in [9.17, 15) is 0 Å². The average Bonchev–Trinajstić information content (AvgIpc) is 2.12. The highest BCUT2D eigenvalue weighted by Crippen LogP contribution is 2.09. The molecule has 0 unspecified atom stereocenters. The van der Waals surface area contributed by atoms with Crippen LogP contribution in [0.5, 0.6) is 0 Å². The van der Waals surface area contributed by atoms with Crippen molar-refractivity contribution in [1.82, 2.24) is 0 Å². The van der Waals surface area contributed by atoms with Gasteiger partial charge in [-0.2, -0.15) is 0 Å². The molecule has 0 aliphatic heterocycles. The van der Waals surface area contributed by atoms with E-state index in [1.807, 2.05) is 0 Å². The molecule has 0 saturated heterocycles. The van der Waals surface area contributed by atoms with Crippen molar-refractivity contribution >= 4 is 0 Å². The molecular formula is C12H22. The van der Waals surface area contributed by atoms with Crippen molar-refractivity contribution in [3.05, 3.63) is 23.8 Å². The van der Waals surface area contributed by atoms with Crippen LogP contribution in [0.4, 0.5) is 0 Å². The molecule has 0 saturated carbocycles. The van der Waals surface area contributed by atoms with E-state index in [-0.39, 0.29) is 0 Å². The van der Waals surface area contributed by atoms with E-state index in [2.05, 4.69) is 45.9 Å². The van der Waals surface area contributed by atoms with Gasteiger partial charge in [0.05, 0.1) is 0 Å². The maximum absolute atomic E-state index is 2.32. The molecule has 0 radical (unpaired) electrons. The fraction of sp³-hybridized carbons (Fsp3) is 0.667. The van der Waals surface area contributed by atoms with Crippen LogP contribution in [0, 0.1) is 5.92 Å². The molecule has 0 aliphatic rings. The van der Waals surface area contributed by atoms with Gasteiger partial charge in [0.15, 0.2) is 0 Å². The van der Waals surface area contributed by atoms with E-state index in [1.54, 1.807) is 0 Å². The van der Waals surface area contributed by atoms with Crippen LogP contribution in [0.25, 0.3) is 0 Å². The van der Waals surface area contributed by atoms with Crippen LogP contribution in [-0.4, -0.2) is 0 Å². The molecule has 0 aromatic rings. The summed E-state index contributed by atoms with van der Waals surface area (Å²) in [6, 6.07) is 0. The van der Waals surface area contributed by atoms with Crippen LogP contribution < -0.4 is 0 Å². The minimum absolute atomic E-state index is 0.769. The molecular weight excluding hydrogens is 144 g/mol. The third-order valence-electron chi connectivity index (χ3n) is 2.37. The first-order valence-corrected chi connectivity index (χ1v) is 5.08. The predicted molar refractivity (Wildman–Crippen MR) is 57.3 cm³/mol. The van der Waals surface area contributed by atoms with Crippen molar-refractivity contribution < 1.29 is 0 Å². The first-order valence-electron chi connectivity index (χ1n) is 5.08. The fourth-order valence-corrected chi connectivity index (χ4v) is 1.06. The molecule has 0 atom stereocenters. The lowest BCUT2D eigenvalue weighted by Crippen LogP contribution is -1.89. The van der Waals surface area contributed by atoms with Gasteiger partial charge in [-0.05, 0) is 32.1 Å². The summed E-state index contributed by atoms with van der Waals surface area (Å²) in [6.45, 7) is 8.86.